The van der Waals surface area contributed by atoms with E-state index in [9.17, 15) is 0 Å². The van der Waals surface area contributed by atoms with Crippen LogP contribution in [0.1, 0.15) is 59.3 Å². The Labute approximate surface area is 86.3 Å². The molecule has 0 aliphatic rings. The summed E-state index contributed by atoms with van der Waals surface area (Å²) in [5.74, 6) is 0. The van der Waals surface area contributed by atoms with Gasteiger partial charge in [0.2, 0.25) is 0 Å². The molecule has 0 aromatic carbocycles. The summed E-state index contributed by atoms with van der Waals surface area (Å²) in [5, 5.41) is 1.16. The van der Waals surface area contributed by atoms with Gasteiger partial charge < -0.3 is 0 Å². The highest BCUT2D eigenvalue weighted by atomic mass is 79.9. The smallest absolute Gasteiger partial charge is 0.00852 e. The van der Waals surface area contributed by atoms with E-state index >= 15 is 0 Å². The number of unbranched alkanes of at least 4 members (excludes halogenated alkanes) is 3. The van der Waals surface area contributed by atoms with Crippen LogP contribution in [-0.2, 0) is 0 Å². The van der Waals surface area contributed by atoms with Crippen molar-refractivity contribution in [2.24, 2.45) is 5.41 Å². The van der Waals surface area contributed by atoms with Crippen molar-refractivity contribution in [3.63, 3.8) is 0 Å². The average Bonchev–Trinajstić information content (AvgIpc) is 2.12. The SMILES string of the molecule is CCCCCCC(C)(CC)CBr. The molecule has 0 N–H and O–H groups in total. The minimum atomic E-state index is 0.549. The van der Waals surface area contributed by atoms with Crippen LogP contribution >= 0.6 is 15.9 Å². The summed E-state index contributed by atoms with van der Waals surface area (Å²) in [5.41, 5.74) is 0.549. The van der Waals surface area contributed by atoms with Crippen LogP contribution in [0.25, 0.3) is 0 Å². The van der Waals surface area contributed by atoms with Crippen molar-refractivity contribution < 1.29 is 0 Å². The topological polar surface area (TPSA) is 0 Å². The highest BCUT2D eigenvalue weighted by Gasteiger charge is 2.19. The van der Waals surface area contributed by atoms with E-state index in [0.717, 1.165) is 5.33 Å². The summed E-state index contributed by atoms with van der Waals surface area (Å²) in [4.78, 5) is 0. The van der Waals surface area contributed by atoms with Crippen molar-refractivity contribution in [2.45, 2.75) is 59.3 Å². The Morgan fingerprint density at radius 2 is 1.75 bits per heavy atom. The highest BCUT2D eigenvalue weighted by molar-refractivity contribution is 9.09. The van der Waals surface area contributed by atoms with E-state index in [2.05, 4.69) is 36.7 Å². The van der Waals surface area contributed by atoms with Crippen LogP contribution in [0, 0.1) is 5.41 Å². The molecule has 1 atom stereocenters. The second-order valence-corrected chi connectivity index (χ2v) is 4.67. The van der Waals surface area contributed by atoms with Crippen molar-refractivity contribution in [1.29, 1.82) is 0 Å². The molecule has 1 unspecified atom stereocenters. The molecule has 0 rings (SSSR count). The quantitative estimate of drug-likeness (QED) is 0.440. The van der Waals surface area contributed by atoms with E-state index in [1.807, 2.05) is 0 Å². The molecule has 0 aliphatic carbocycles. The molecule has 0 aromatic heterocycles. The molecule has 74 valence electrons. The normalized spacial score (nSPS) is 16.0. The van der Waals surface area contributed by atoms with Crippen LogP contribution in [0.15, 0.2) is 0 Å². The average molecular weight is 235 g/mol. The molecule has 0 nitrogen and oxygen atoms in total. The maximum atomic E-state index is 3.60. The lowest BCUT2D eigenvalue weighted by molar-refractivity contribution is 0.318. The van der Waals surface area contributed by atoms with E-state index in [1.165, 1.54) is 38.5 Å². The van der Waals surface area contributed by atoms with Crippen molar-refractivity contribution in [3.8, 4) is 0 Å². The molecule has 0 saturated heterocycles. The third-order valence-corrected chi connectivity index (χ3v) is 4.16. The molecule has 0 amide bonds. The Balaban J connectivity index is 3.45. The Morgan fingerprint density at radius 3 is 2.17 bits per heavy atom. The second kappa shape index (κ2) is 6.94. The fourth-order valence-corrected chi connectivity index (χ4v) is 1.99. The van der Waals surface area contributed by atoms with E-state index < -0.39 is 0 Å². The van der Waals surface area contributed by atoms with Gasteiger partial charge in [-0.25, -0.2) is 0 Å². The lowest BCUT2D eigenvalue weighted by Crippen LogP contribution is -2.16. The van der Waals surface area contributed by atoms with Crippen molar-refractivity contribution in [2.75, 3.05) is 5.33 Å². The van der Waals surface area contributed by atoms with Crippen LogP contribution in [0.2, 0.25) is 0 Å². The van der Waals surface area contributed by atoms with E-state index in [0.29, 0.717) is 5.41 Å². The van der Waals surface area contributed by atoms with Gasteiger partial charge in [-0.3, -0.25) is 0 Å². The fourth-order valence-electron chi connectivity index (χ4n) is 1.32. The Bertz CT molecular complexity index is 95.2. The molecule has 0 bridgehead atoms. The maximum Gasteiger partial charge on any atom is 0.00852 e. The Hall–Kier alpha value is 0.480. The van der Waals surface area contributed by atoms with Gasteiger partial charge in [-0.1, -0.05) is 62.4 Å². The maximum absolute atomic E-state index is 3.60. The highest BCUT2D eigenvalue weighted by Crippen LogP contribution is 2.30. The standard InChI is InChI=1S/C11H23Br/c1-4-6-7-8-9-11(3,5-2)10-12/h4-10H2,1-3H3. The minimum absolute atomic E-state index is 0.549. The van der Waals surface area contributed by atoms with Crippen molar-refractivity contribution >= 4 is 15.9 Å². The third kappa shape index (κ3) is 5.18. The number of rotatable bonds is 7. The zero-order valence-corrected chi connectivity index (χ0v) is 10.4. The van der Waals surface area contributed by atoms with Gasteiger partial charge >= 0.3 is 0 Å². The Morgan fingerprint density at radius 1 is 1.08 bits per heavy atom. The summed E-state index contributed by atoms with van der Waals surface area (Å²) in [6, 6.07) is 0. The van der Waals surface area contributed by atoms with E-state index in [4.69, 9.17) is 0 Å². The monoisotopic (exact) mass is 234 g/mol. The predicted octanol–water partition coefficient (Wildman–Crippen LogP) is 4.77. The van der Waals surface area contributed by atoms with Crippen LogP contribution in [0.5, 0.6) is 0 Å². The predicted molar refractivity (Wildman–Crippen MR) is 61.0 cm³/mol. The lowest BCUT2D eigenvalue weighted by atomic mass is 9.84. The number of alkyl halides is 1. The lowest BCUT2D eigenvalue weighted by Gasteiger charge is -2.25. The molecular formula is C11H23Br. The first-order valence-corrected chi connectivity index (χ1v) is 6.36. The molecule has 0 radical (unpaired) electrons. The van der Waals surface area contributed by atoms with Gasteiger partial charge in [0.15, 0.2) is 0 Å². The van der Waals surface area contributed by atoms with Crippen molar-refractivity contribution in [3.05, 3.63) is 0 Å². The van der Waals surface area contributed by atoms with Gasteiger partial charge in [-0.2, -0.15) is 0 Å². The number of hydrogen-bond donors (Lipinski definition) is 0. The van der Waals surface area contributed by atoms with Gasteiger partial charge in [0.1, 0.15) is 0 Å². The van der Waals surface area contributed by atoms with E-state index in [1.54, 1.807) is 0 Å². The second-order valence-electron chi connectivity index (χ2n) is 4.11. The summed E-state index contributed by atoms with van der Waals surface area (Å²) in [7, 11) is 0. The number of halogens is 1. The molecule has 0 saturated carbocycles. The van der Waals surface area contributed by atoms with Gasteiger partial charge in [0.05, 0.1) is 0 Å². The molecule has 0 aliphatic heterocycles. The molecule has 0 heterocycles. The summed E-state index contributed by atoms with van der Waals surface area (Å²) < 4.78 is 0. The molecule has 1 heteroatoms. The van der Waals surface area contributed by atoms with Gasteiger partial charge in [-0.15, -0.1) is 0 Å². The first-order chi connectivity index (χ1) is 5.68. The van der Waals surface area contributed by atoms with Crippen molar-refractivity contribution in [1.82, 2.24) is 0 Å². The molecule has 0 spiro atoms. The van der Waals surface area contributed by atoms with Gasteiger partial charge in [0.25, 0.3) is 0 Å². The molecular weight excluding hydrogens is 212 g/mol. The van der Waals surface area contributed by atoms with Crippen LogP contribution in [-0.4, -0.2) is 5.33 Å². The van der Waals surface area contributed by atoms with Gasteiger partial charge in [0, 0.05) is 5.33 Å². The summed E-state index contributed by atoms with van der Waals surface area (Å²) in [6.45, 7) is 6.94. The molecule has 0 aromatic rings. The largest absolute Gasteiger partial charge is 0.0922 e. The zero-order valence-electron chi connectivity index (χ0n) is 8.83. The Kier molecular flexibility index (Phi) is 7.22. The van der Waals surface area contributed by atoms with E-state index in [-0.39, 0.29) is 0 Å². The summed E-state index contributed by atoms with van der Waals surface area (Å²) in [6.07, 6.45) is 8.25. The van der Waals surface area contributed by atoms with Crippen LogP contribution < -0.4 is 0 Å². The minimum Gasteiger partial charge on any atom is -0.0922 e. The first-order valence-electron chi connectivity index (χ1n) is 5.24. The van der Waals surface area contributed by atoms with Crippen LogP contribution in [0.4, 0.5) is 0 Å². The first kappa shape index (κ1) is 12.5. The van der Waals surface area contributed by atoms with Gasteiger partial charge in [-0.05, 0) is 18.3 Å². The third-order valence-electron chi connectivity index (χ3n) is 2.81. The fraction of sp³-hybridized carbons (Fsp3) is 1.00. The zero-order chi connectivity index (χ0) is 9.45. The summed E-state index contributed by atoms with van der Waals surface area (Å²) >= 11 is 3.60. The number of hydrogen-bond acceptors (Lipinski definition) is 0. The molecule has 12 heavy (non-hydrogen) atoms. The van der Waals surface area contributed by atoms with Crippen LogP contribution in [0.3, 0.4) is 0 Å². The molecule has 0 fully saturated rings.